The zero-order valence-electron chi connectivity index (χ0n) is 15.5. The molecular weight excluding hydrogens is 350 g/mol. The predicted octanol–water partition coefficient (Wildman–Crippen LogP) is 2.67. The average Bonchev–Trinajstić information content (AvgIpc) is 2.63. The molecule has 6 heteroatoms. The zero-order valence-corrected chi connectivity index (χ0v) is 16.3. The third-order valence-corrected chi connectivity index (χ3v) is 5.54. The molecule has 1 aromatic carbocycles. The van der Waals surface area contributed by atoms with E-state index >= 15 is 0 Å². The Morgan fingerprint density at radius 1 is 1.23 bits per heavy atom. The fourth-order valence-electron chi connectivity index (χ4n) is 3.81. The molecule has 2 heterocycles. The number of hydrogen-bond donors (Lipinski definition) is 2. The lowest BCUT2D eigenvalue weighted by Gasteiger charge is -2.37. The van der Waals surface area contributed by atoms with E-state index in [2.05, 4.69) is 17.6 Å². The van der Waals surface area contributed by atoms with E-state index in [4.69, 9.17) is 0 Å². The van der Waals surface area contributed by atoms with Crippen LogP contribution in [0.25, 0.3) is 0 Å². The van der Waals surface area contributed by atoms with Crippen molar-refractivity contribution in [3.05, 3.63) is 35.9 Å². The van der Waals surface area contributed by atoms with E-state index in [1.165, 1.54) is 0 Å². The second-order valence-electron chi connectivity index (χ2n) is 7.64. The number of rotatable bonds is 5. The quantitative estimate of drug-likeness (QED) is 0.826. The minimum atomic E-state index is -0.515. The Kier molecular flexibility index (Phi) is 7.47. The maximum atomic E-state index is 13.1. The van der Waals surface area contributed by atoms with E-state index in [1.807, 2.05) is 30.3 Å². The number of carbonyl (C=O) groups is 2. The van der Waals surface area contributed by atoms with Crippen LogP contribution in [0.4, 0.5) is 0 Å². The Morgan fingerprint density at radius 2 is 1.92 bits per heavy atom. The third kappa shape index (κ3) is 4.98. The fourth-order valence-corrected chi connectivity index (χ4v) is 3.81. The largest absolute Gasteiger partial charge is 0.353 e. The molecule has 1 aromatic rings. The van der Waals surface area contributed by atoms with Gasteiger partial charge in [0.1, 0.15) is 6.04 Å². The van der Waals surface area contributed by atoms with Crippen molar-refractivity contribution in [2.45, 2.75) is 45.1 Å². The van der Waals surface area contributed by atoms with Crippen molar-refractivity contribution in [3.8, 4) is 0 Å². The average molecular weight is 380 g/mol. The number of carbonyl (C=O) groups excluding carboxylic acids is 2. The Bertz CT molecular complexity index is 602. The molecule has 1 atom stereocenters. The van der Waals surface area contributed by atoms with Crippen molar-refractivity contribution < 1.29 is 9.59 Å². The molecule has 0 saturated carbocycles. The number of amides is 2. The van der Waals surface area contributed by atoms with Gasteiger partial charge in [-0.25, -0.2) is 0 Å². The predicted molar refractivity (Wildman–Crippen MR) is 105 cm³/mol. The SMILES string of the molecule is CC1(CNC(=O)C(c2ccccc2)N2CCCCC2=O)CCNCC1.Cl. The Labute approximate surface area is 162 Å². The summed E-state index contributed by atoms with van der Waals surface area (Å²) in [5.41, 5.74) is 1.03. The van der Waals surface area contributed by atoms with E-state index in [9.17, 15) is 9.59 Å². The summed E-state index contributed by atoms with van der Waals surface area (Å²) in [5, 5.41) is 6.52. The molecule has 2 fully saturated rings. The summed E-state index contributed by atoms with van der Waals surface area (Å²) in [4.78, 5) is 27.2. The Hall–Kier alpha value is -1.59. The number of nitrogens with one attached hydrogen (secondary N) is 2. The Morgan fingerprint density at radius 3 is 2.58 bits per heavy atom. The maximum absolute atomic E-state index is 13.1. The van der Waals surface area contributed by atoms with Gasteiger partial charge < -0.3 is 15.5 Å². The lowest BCUT2D eigenvalue weighted by Crippen LogP contribution is -2.49. The van der Waals surface area contributed by atoms with Gasteiger partial charge in [-0.3, -0.25) is 9.59 Å². The lowest BCUT2D eigenvalue weighted by molar-refractivity contribution is -0.143. The highest BCUT2D eigenvalue weighted by Gasteiger charge is 2.34. The number of halogens is 1. The number of piperidine rings is 2. The van der Waals surface area contributed by atoms with Gasteiger partial charge in [0.2, 0.25) is 11.8 Å². The molecule has 2 aliphatic heterocycles. The molecule has 0 spiro atoms. The summed E-state index contributed by atoms with van der Waals surface area (Å²) in [5.74, 6) is 0.0320. The molecule has 5 nitrogen and oxygen atoms in total. The Balaban J connectivity index is 0.00000243. The first-order valence-corrected chi connectivity index (χ1v) is 9.42. The smallest absolute Gasteiger partial charge is 0.247 e. The summed E-state index contributed by atoms with van der Waals surface area (Å²) in [6.45, 7) is 5.56. The molecule has 2 aliphatic rings. The van der Waals surface area contributed by atoms with Crippen molar-refractivity contribution in [3.63, 3.8) is 0 Å². The van der Waals surface area contributed by atoms with Crippen LogP contribution in [-0.4, -0.2) is 42.9 Å². The lowest BCUT2D eigenvalue weighted by atomic mass is 9.81. The van der Waals surface area contributed by atoms with Gasteiger partial charge in [0.05, 0.1) is 0 Å². The van der Waals surface area contributed by atoms with E-state index in [1.54, 1.807) is 4.90 Å². The van der Waals surface area contributed by atoms with Crippen LogP contribution in [-0.2, 0) is 9.59 Å². The van der Waals surface area contributed by atoms with Gasteiger partial charge in [-0.15, -0.1) is 12.4 Å². The highest BCUT2D eigenvalue weighted by molar-refractivity contribution is 5.89. The van der Waals surface area contributed by atoms with Crippen LogP contribution in [0, 0.1) is 5.41 Å². The molecule has 0 aromatic heterocycles. The van der Waals surface area contributed by atoms with Crippen LogP contribution in [0.5, 0.6) is 0 Å². The second-order valence-corrected chi connectivity index (χ2v) is 7.64. The van der Waals surface area contributed by atoms with Gasteiger partial charge in [-0.05, 0) is 49.8 Å². The van der Waals surface area contributed by atoms with Crippen LogP contribution in [0.2, 0.25) is 0 Å². The molecular formula is C20H30ClN3O2. The molecule has 3 rings (SSSR count). The standard InChI is InChI=1S/C20H29N3O2.ClH/c1-20(10-12-21-13-11-20)15-22-19(25)18(16-7-3-2-4-8-16)23-14-6-5-9-17(23)24;/h2-4,7-8,18,21H,5-6,9-15H2,1H3,(H,22,25);1H. The van der Waals surface area contributed by atoms with Crippen molar-refractivity contribution in [2.24, 2.45) is 5.41 Å². The van der Waals surface area contributed by atoms with Crippen LogP contribution in [0.15, 0.2) is 30.3 Å². The molecule has 1 unspecified atom stereocenters. The topological polar surface area (TPSA) is 61.4 Å². The number of benzene rings is 1. The van der Waals surface area contributed by atoms with E-state index in [-0.39, 0.29) is 29.6 Å². The van der Waals surface area contributed by atoms with E-state index in [0.717, 1.165) is 44.3 Å². The molecule has 144 valence electrons. The van der Waals surface area contributed by atoms with Crippen LogP contribution in [0.1, 0.15) is 50.6 Å². The van der Waals surface area contributed by atoms with E-state index in [0.29, 0.717) is 19.5 Å². The fraction of sp³-hybridized carbons (Fsp3) is 0.600. The normalized spacial score (nSPS) is 20.8. The second kappa shape index (κ2) is 9.38. The summed E-state index contributed by atoms with van der Waals surface area (Å²) < 4.78 is 0. The van der Waals surface area contributed by atoms with Crippen LogP contribution in [0.3, 0.4) is 0 Å². The van der Waals surface area contributed by atoms with Gasteiger partial charge >= 0.3 is 0 Å². The van der Waals surface area contributed by atoms with Crippen molar-refractivity contribution in [1.29, 1.82) is 0 Å². The highest BCUT2D eigenvalue weighted by atomic mass is 35.5. The number of likely N-dealkylation sites (tertiary alicyclic amines) is 1. The number of nitrogens with zero attached hydrogens (tertiary/aromatic N) is 1. The van der Waals surface area contributed by atoms with Gasteiger partial charge in [-0.1, -0.05) is 37.3 Å². The first-order chi connectivity index (χ1) is 12.1. The summed E-state index contributed by atoms with van der Waals surface area (Å²) in [6.07, 6.45) is 4.55. The van der Waals surface area contributed by atoms with Crippen LogP contribution >= 0.6 is 12.4 Å². The van der Waals surface area contributed by atoms with Gasteiger partial charge in [0, 0.05) is 19.5 Å². The minimum absolute atomic E-state index is 0. The molecule has 0 aliphatic carbocycles. The van der Waals surface area contributed by atoms with E-state index < -0.39 is 6.04 Å². The van der Waals surface area contributed by atoms with Gasteiger partial charge in [-0.2, -0.15) is 0 Å². The summed E-state index contributed by atoms with van der Waals surface area (Å²) in [7, 11) is 0. The first kappa shape index (κ1) is 20.7. The maximum Gasteiger partial charge on any atom is 0.247 e. The summed E-state index contributed by atoms with van der Waals surface area (Å²) >= 11 is 0. The molecule has 2 saturated heterocycles. The molecule has 2 amide bonds. The molecule has 2 N–H and O–H groups in total. The van der Waals surface area contributed by atoms with Crippen molar-refractivity contribution >= 4 is 24.2 Å². The molecule has 26 heavy (non-hydrogen) atoms. The van der Waals surface area contributed by atoms with Crippen molar-refractivity contribution in [2.75, 3.05) is 26.2 Å². The highest BCUT2D eigenvalue weighted by Crippen LogP contribution is 2.29. The van der Waals surface area contributed by atoms with Crippen molar-refractivity contribution in [1.82, 2.24) is 15.5 Å². The molecule has 0 bridgehead atoms. The van der Waals surface area contributed by atoms with Gasteiger partial charge in [0.25, 0.3) is 0 Å². The summed E-state index contributed by atoms with van der Waals surface area (Å²) in [6, 6.07) is 9.17. The monoisotopic (exact) mass is 379 g/mol. The first-order valence-electron chi connectivity index (χ1n) is 9.42. The van der Waals surface area contributed by atoms with Gasteiger partial charge in [0.15, 0.2) is 0 Å². The number of hydrogen-bond acceptors (Lipinski definition) is 3. The minimum Gasteiger partial charge on any atom is -0.353 e. The third-order valence-electron chi connectivity index (χ3n) is 5.54. The van der Waals surface area contributed by atoms with Crippen LogP contribution < -0.4 is 10.6 Å². The molecule has 0 radical (unpaired) electrons. The zero-order chi connectivity index (χ0) is 17.7.